The van der Waals surface area contributed by atoms with E-state index >= 15 is 0 Å². The van der Waals surface area contributed by atoms with Crippen LogP contribution in [-0.2, 0) is 16.1 Å². The van der Waals surface area contributed by atoms with Gasteiger partial charge < -0.3 is 4.74 Å². The second-order valence-electron chi connectivity index (χ2n) is 4.33. The number of ether oxygens (including phenoxy) is 1. The molecule has 1 aliphatic heterocycles. The molecule has 2 heterocycles. The molecule has 0 N–H and O–H groups in total. The van der Waals surface area contributed by atoms with Gasteiger partial charge in [-0.2, -0.15) is 0 Å². The minimum Gasteiger partial charge on any atom is -0.468 e. The van der Waals surface area contributed by atoms with Gasteiger partial charge in [0.25, 0.3) is 0 Å². The molecule has 4 nitrogen and oxygen atoms in total. The van der Waals surface area contributed by atoms with Crippen LogP contribution >= 0.6 is 0 Å². The van der Waals surface area contributed by atoms with Crippen molar-refractivity contribution in [2.75, 3.05) is 13.7 Å². The van der Waals surface area contributed by atoms with E-state index in [1.165, 1.54) is 7.11 Å². The van der Waals surface area contributed by atoms with Crippen molar-refractivity contribution in [3.05, 3.63) is 30.1 Å². The van der Waals surface area contributed by atoms with Crippen LogP contribution in [0.4, 0.5) is 0 Å². The van der Waals surface area contributed by atoms with Crippen molar-refractivity contribution in [1.29, 1.82) is 0 Å². The number of esters is 1. The van der Waals surface area contributed by atoms with Crippen LogP contribution in [0.5, 0.6) is 0 Å². The Balaban J connectivity index is 2.04. The van der Waals surface area contributed by atoms with Crippen LogP contribution in [0.2, 0.25) is 0 Å². The molecule has 1 aromatic heterocycles. The number of pyridine rings is 1. The average Bonchev–Trinajstić information content (AvgIpc) is 2.40. The molecule has 92 valence electrons. The minimum atomic E-state index is -0.124. The van der Waals surface area contributed by atoms with Crippen molar-refractivity contribution in [3.8, 4) is 0 Å². The first-order chi connectivity index (χ1) is 8.31. The van der Waals surface area contributed by atoms with Gasteiger partial charge in [-0.05, 0) is 31.5 Å². The summed E-state index contributed by atoms with van der Waals surface area (Å²) in [5.74, 6) is -0.124. The van der Waals surface area contributed by atoms with E-state index in [-0.39, 0.29) is 12.0 Å². The van der Waals surface area contributed by atoms with E-state index in [1.54, 1.807) is 6.20 Å². The fourth-order valence-electron chi connectivity index (χ4n) is 2.28. The fraction of sp³-hybridized carbons (Fsp3) is 0.538. The topological polar surface area (TPSA) is 42.4 Å². The van der Waals surface area contributed by atoms with Gasteiger partial charge in [-0.3, -0.25) is 14.7 Å². The molecule has 1 fully saturated rings. The molecule has 1 unspecified atom stereocenters. The summed E-state index contributed by atoms with van der Waals surface area (Å²) in [6, 6.07) is 5.76. The molecule has 0 aliphatic carbocycles. The van der Waals surface area contributed by atoms with E-state index in [2.05, 4.69) is 9.88 Å². The van der Waals surface area contributed by atoms with Crippen molar-refractivity contribution in [2.24, 2.45) is 0 Å². The van der Waals surface area contributed by atoms with Crippen LogP contribution in [0.25, 0.3) is 0 Å². The maximum Gasteiger partial charge on any atom is 0.323 e. The summed E-state index contributed by atoms with van der Waals surface area (Å²) in [4.78, 5) is 18.1. The second-order valence-corrected chi connectivity index (χ2v) is 4.33. The number of methoxy groups -OCH3 is 1. The van der Waals surface area contributed by atoms with Crippen molar-refractivity contribution >= 4 is 5.97 Å². The number of nitrogens with zero attached hydrogens (tertiary/aromatic N) is 2. The Morgan fingerprint density at radius 2 is 2.41 bits per heavy atom. The SMILES string of the molecule is COC(=O)C1CCCCN1Cc1ccccn1. The van der Waals surface area contributed by atoms with Gasteiger partial charge in [0, 0.05) is 12.7 Å². The van der Waals surface area contributed by atoms with Crippen LogP contribution in [0.3, 0.4) is 0 Å². The number of piperidine rings is 1. The first-order valence-corrected chi connectivity index (χ1v) is 6.03. The highest BCUT2D eigenvalue weighted by Crippen LogP contribution is 2.19. The average molecular weight is 234 g/mol. The Bertz CT molecular complexity index is 367. The normalized spacial score (nSPS) is 21.1. The Labute approximate surface area is 102 Å². The summed E-state index contributed by atoms with van der Waals surface area (Å²) in [6.45, 7) is 1.66. The molecule has 0 spiro atoms. The first-order valence-electron chi connectivity index (χ1n) is 6.03. The zero-order valence-electron chi connectivity index (χ0n) is 10.1. The first kappa shape index (κ1) is 12.0. The third-order valence-electron chi connectivity index (χ3n) is 3.18. The summed E-state index contributed by atoms with van der Waals surface area (Å²) in [7, 11) is 1.45. The molecule has 1 atom stereocenters. The number of rotatable bonds is 3. The highest BCUT2D eigenvalue weighted by molar-refractivity contribution is 5.75. The second kappa shape index (κ2) is 5.77. The van der Waals surface area contributed by atoms with E-state index in [9.17, 15) is 4.79 Å². The Morgan fingerprint density at radius 1 is 1.53 bits per heavy atom. The monoisotopic (exact) mass is 234 g/mol. The summed E-state index contributed by atoms with van der Waals surface area (Å²) in [6.07, 6.45) is 4.91. The molecule has 4 heteroatoms. The number of aromatic nitrogens is 1. The molecular formula is C13H18N2O2. The Morgan fingerprint density at radius 3 is 3.12 bits per heavy atom. The number of hydrogen-bond acceptors (Lipinski definition) is 4. The molecule has 0 bridgehead atoms. The van der Waals surface area contributed by atoms with Gasteiger partial charge in [0.1, 0.15) is 6.04 Å². The van der Waals surface area contributed by atoms with Gasteiger partial charge in [-0.25, -0.2) is 0 Å². The Kier molecular flexibility index (Phi) is 4.09. The summed E-state index contributed by atoms with van der Waals surface area (Å²) in [5.41, 5.74) is 1.00. The summed E-state index contributed by atoms with van der Waals surface area (Å²) in [5, 5.41) is 0. The Hall–Kier alpha value is -1.42. The zero-order valence-corrected chi connectivity index (χ0v) is 10.1. The fourth-order valence-corrected chi connectivity index (χ4v) is 2.28. The maximum absolute atomic E-state index is 11.7. The lowest BCUT2D eigenvalue weighted by Gasteiger charge is -2.33. The highest BCUT2D eigenvalue weighted by atomic mass is 16.5. The molecule has 1 aromatic rings. The lowest BCUT2D eigenvalue weighted by atomic mass is 10.0. The van der Waals surface area contributed by atoms with E-state index in [0.717, 1.165) is 38.0 Å². The third kappa shape index (κ3) is 3.03. The van der Waals surface area contributed by atoms with Crippen LogP contribution in [-0.4, -0.2) is 35.5 Å². The third-order valence-corrected chi connectivity index (χ3v) is 3.18. The number of likely N-dealkylation sites (tertiary alicyclic amines) is 1. The molecule has 0 saturated carbocycles. The largest absolute Gasteiger partial charge is 0.468 e. The van der Waals surface area contributed by atoms with Crippen LogP contribution in [0, 0.1) is 0 Å². The number of carbonyl (C=O) groups is 1. The molecule has 2 rings (SSSR count). The lowest BCUT2D eigenvalue weighted by molar-refractivity contribution is -0.148. The highest BCUT2D eigenvalue weighted by Gasteiger charge is 2.29. The maximum atomic E-state index is 11.7. The smallest absolute Gasteiger partial charge is 0.323 e. The summed E-state index contributed by atoms with van der Waals surface area (Å²) < 4.78 is 4.86. The molecule has 17 heavy (non-hydrogen) atoms. The number of hydrogen-bond donors (Lipinski definition) is 0. The van der Waals surface area contributed by atoms with Crippen LogP contribution < -0.4 is 0 Å². The van der Waals surface area contributed by atoms with Gasteiger partial charge in [-0.1, -0.05) is 12.5 Å². The van der Waals surface area contributed by atoms with Gasteiger partial charge in [0.2, 0.25) is 0 Å². The van der Waals surface area contributed by atoms with Crippen LogP contribution in [0.15, 0.2) is 24.4 Å². The summed E-state index contributed by atoms with van der Waals surface area (Å²) >= 11 is 0. The zero-order chi connectivity index (χ0) is 12.1. The van der Waals surface area contributed by atoms with Gasteiger partial charge in [0.05, 0.1) is 12.8 Å². The van der Waals surface area contributed by atoms with Gasteiger partial charge in [-0.15, -0.1) is 0 Å². The predicted molar refractivity (Wildman–Crippen MR) is 64.3 cm³/mol. The standard InChI is InChI=1S/C13H18N2O2/c1-17-13(16)12-7-3-5-9-15(12)10-11-6-2-4-8-14-11/h2,4,6,8,12H,3,5,7,9-10H2,1H3. The van der Waals surface area contributed by atoms with E-state index in [0.29, 0.717) is 0 Å². The van der Waals surface area contributed by atoms with E-state index in [4.69, 9.17) is 4.74 Å². The van der Waals surface area contributed by atoms with Gasteiger partial charge in [0.15, 0.2) is 0 Å². The molecule has 0 aromatic carbocycles. The molecule has 1 aliphatic rings. The lowest BCUT2D eigenvalue weighted by Crippen LogP contribution is -2.44. The predicted octanol–water partition coefficient (Wildman–Crippen LogP) is 1.61. The molecular weight excluding hydrogens is 216 g/mol. The quantitative estimate of drug-likeness (QED) is 0.745. The number of carbonyl (C=O) groups excluding carboxylic acids is 1. The van der Waals surface area contributed by atoms with E-state index < -0.39 is 0 Å². The molecule has 0 radical (unpaired) electrons. The van der Waals surface area contributed by atoms with E-state index in [1.807, 2.05) is 18.2 Å². The minimum absolute atomic E-state index is 0.101. The van der Waals surface area contributed by atoms with Crippen molar-refractivity contribution in [1.82, 2.24) is 9.88 Å². The van der Waals surface area contributed by atoms with Crippen molar-refractivity contribution in [3.63, 3.8) is 0 Å². The molecule has 1 saturated heterocycles. The van der Waals surface area contributed by atoms with Crippen molar-refractivity contribution < 1.29 is 9.53 Å². The van der Waals surface area contributed by atoms with Crippen LogP contribution in [0.1, 0.15) is 25.0 Å². The van der Waals surface area contributed by atoms with Gasteiger partial charge >= 0.3 is 5.97 Å². The van der Waals surface area contributed by atoms with Crippen molar-refractivity contribution in [2.45, 2.75) is 31.8 Å². The molecule has 0 amide bonds.